The average Bonchev–Trinajstić information content (AvgIpc) is 2.80. The lowest BCUT2D eigenvalue weighted by Crippen LogP contribution is -2.10. The zero-order valence-electron chi connectivity index (χ0n) is 11.2. The Bertz CT molecular complexity index is 752. The number of aromatic nitrogens is 1. The van der Waals surface area contributed by atoms with E-state index in [2.05, 4.69) is 21.3 Å². The van der Waals surface area contributed by atoms with Crippen LogP contribution in [-0.2, 0) is 0 Å². The van der Waals surface area contributed by atoms with Gasteiger partial charge in [-0.2, -0.15) is 0 Å². The van der Waals surface area contributed by atoms with E-state index in [-0.39, 0.29) is 0 Å². The molecule has 5 heteroatoms. The molecule has 20 heavy (non-hydrogen) atoms. The van der Waals surface area contributed by atoms with E-state index in [0.717, 1.165) is 31.7 Å². The molecular weight excluding hydrogens is 290 g/mol. The lowest BCUT2D eigenvalue weighted by molar-refractivity contribution is 1.13. The molecule has 0 saturated carbocycles. The van der Waals surface area contributed by atoms with E-state index in [0.29, 0.717) is 0 Å². The average molecular weight is 304 g/mol. The summed E-state index contributed by atoms with van der Waals surface area (Å²) in [6, 6.07) is 13.9. The molecule has 3 aromatic rings. The Morgan fingerprint density at radius 3 is 2.75 bits per heavy atom. The third-order valence-corrected chi connectivity index (χ3v) is 4.15. The quantitative estimate of drug-likeness (QED) is 0.756. The summed E-state index contributed by atoms with van der Waals surface area (Å²) in [6.07, 6.45) is 0. The number of hydrogen-bond acceptors (Lipinski definition) is 4. The highest BCUT2D eigenvalue weighted by Gasteiger charge is 2.08. The number of thiazole rings is 1. The molecule has 0 spiro atoms. The Morgan fingerprint density at radius 2 is 1.95 bits per heavy atom. The fourth-order valence-electron chi connectivity index (χ4n) is 2.04. The van der Waals surface area contributed by atoms with Gasteiger partial charge in [-0.05, 0) is 30.3 Å². The summed E-state index contributed by atoms with van der Waals surface area (Å²) < 4.78 is 1.09. The molecule has 0 aliphatic heterocycles. The van der Waals surface area contributed by atoms with Crippen LogP contribution >= 0.6 is 22.9 Å². The summed E-state index contributed by atoms with van der Waals surface area (Å²) in [5.41, 5.74) is 3.14. The summed E-state index contributed by atoms with van der Waals surface area (Å²) in [5, 5.41) is 4.99. The second kappa shape index (κ2) is 5.31. The van der Waals surface area contributed by atoms with Gasteiger partial charge in [0.05, 0.1) is 21.6 Å². The van der Waals surface area contributed by atoms with E-state index in [1.165, 1.54) is 0 Å². The van der Waals surface area contributed by atoms with E-state index in [1.807, 2.05) is 50.5 Å². The lowest BCUT2D eigenvalue weighted by atomic mass is 10.2. The van der Waals surface area contributed by atoms with Gasteiger partial charge in [0, 0.05) is 19.1 Å². The molecule has 0 saturated heterocycles. The number of nitrogens with one attached hydrogen (secondary N) is 1. The first kappa shape index (κ1) is 13.2. The van der Waals surface area contributed by atoms with Gasteiger partial charge in [-0.15, -0.1) is 0 Å². The molecule has 0 unspecified atom stereocenters. The van der Waals surface area contributed by atoms with Crippen molar-refractivity contribution in [1.29, 1.82) is 0 Å². The number of fused-ring (bicyclic) bond motifs is 1. The van der Waals surface area contributed by atoms with Gasteiger partial charge in [-0.25, -0.2) is 4.98 Å². The maximum absolute atomic E-state index is 6.01. The van der Waals surface area contributed by atoms with E-state index < -0.39 is 0 Å². The van der Waals surface area contributed by atoms with Gasteiger partial charge in [0.1, 0.15) is 0 Å². The number of halogens is 1. The molecule has 0 bridgehead atoms. The molecule has 3 rings (SSSR count). The molecule has 0 fully saturated rings. The number of anilines is 3. The molecule has 2 aromatic carbocycles. The third kappa shape index (κ3) is 2.57. The topological polar surface area (TPSA) is 28.2 Å². The summed E-state index contributed by atoms with van der Waals surface area (Å²) in [4.78, 5) is 6.66. The van der Waals surface area contributed by atoms with Gasteiger partial charge in [0.25, 0.3) is 0 Å². The van der Waals surface area contributed by atoms with Crippen molar-refractivity contribution in [3.8, 4) is 0 Å². The van der Waals surface area contributed by atoms with Gasteiger partial charge in [0.15, 0.2) is 5.13 Å². The van der Waals surface area contributed by atoms with Crippen LogP contribution in [0.5, 0.6) is 0 Å². The van der Waals surface area contributed by atoms with Crippen molar-refractivity contribution in [2.75, 3.05) is 24.3 Å². The zero-order valence-corrected chi connectivity index (χ0v) is 12.8. The highest BCUT2D eigenvalue weighted by atomic mass is 35.5. The molecule has 0 aliphatic rings. The maximum atomic E-state index is 6.01. The fraction of sp³-hybridized carbons (Fsp3) is 0.133. The van der Waals surface area contributed by atoms with Crippen LogP contribution in [0.25, 0.3) is 10.2 Å². The van der Waals surface area contributed by atoms with Crippen molar-refractivity contribution in [3.05, 3.63) is 47.5 Å². The standard InChI is InChI=1S/C15H14ClN3S/c1-19(2)13-6-4-3-5-11(13)17-15-18-12-8-7-10(16)9-14(12)20-15/h3-9H,1-2H3,(H,17,18). The number of nitrogens with zero attached hydrogens (tertiary/aromatic N) is 2. The van der Waals surface area contributed by atoms with Crippen LogP contribution in [0.1, 0.15) is 0 Å². The normalized spacial score (nSPS) is 10.8. The summed E-state index contributed by atoms with van der Waals surface area (Å²) >= 11 is 7.61. The number of para-hydroxylation sites is 2. The first-order valence-electron chi connectivity index (χ1n) is 6.23. The van der Waals surface area contributed by atoms with Gasteiger partial charge in [-0.1, -0.05) is 35.1 Å². The summed E-state index contributed by atoms with van der Waals surface area (Å²) in [5.74, 6) is 0. The van der Waals surface area contributed by atoms with Crippen LogP contribution in [0.4, 0.5) is 16.5 Å². The molecule has 3 nitrogen and oxygen atoms in total. The molecule has 0 aliphatic carbocycles. The third-order valence-electron chi connectivity index (χ3n) is 2.98. The predicted molar refractivity (Wildman–Crippen MR) is 88.7 cm³/mol. The molecule has 102 valence electrons. The monoisotopic (exact) mass is 303 g/mol. The number of rotatable bonds is 3. The van der Waals surface area contributed by atoms with E-state index in [4.69, 9.17) is 11.6 Å². The van der Waals surface area contributed by atoms with Crippen molar-refractivity contribution >= 4 is 49.7 Å². The fourth-order valence-corrected chi connectivity index (χ4v) is 3.19. The highest BCUT2D eigenvalue weighted by Crippen LogP contribution is 2.33. The van der Waals surface area contributed by atoms with Crippen molar-refractivity contribution in [1.82, 2.24) is 4.98 Å². The second-order valence-corrected chi connectivity index (χ2v) is 6.13. The minimum absolute atomic E-state index is 0.737. The molecule has 1 heterocycles. The van der Waals surface area contributed by atoms with E-state index in [9.17, 15) is 0 Å². The van der Waals surface area contributed by atoms with Crippen molar-refractivity contribution in [3.63, 3.8) is 0 Å². The minimum Gasteiger partial charge on any atom is -0.376 e. The highest BCUT2D eigenvalue weighted by molar-refractivity contribution is 7.22. The van der Waals surface area contributed by atoms with Gasteiger partial charge < -0.3 is 10.2 Å². The van der Waals surface area contributed by atoms with Crippen LogP contribution in [-0.4, -0.2) is 19.1 Å². The van der Waals surface area contributed by atoms with Crippen LogP contribution < -0.4 is 10.2 Å². The first-order valence-corrected chi connectivity index (χ1v) is 7.42. The van der Waals surface area contributed by atoms with Crippen molar-refractivity contribution < 1.29 is 0 Å². The SMILES string of the molecule is CN(C)c1ccccc1Nc1nc2ccc(Cl)cc2s1. The lowest BCUT2D eigenvalue weighted by Gasteiger charge is -2.17. The first-order chi connectivity index (χ1) is 9.63. The van der Waals surface area contributed by atoms with E-state index >= 15 is 0 Å². The number of benzene rings is 2. The largest absolute Gasteiger partial charge is 0.376 e. The smallest absolute Gasteiger partial charge is 0.188 e. The Kier molecular flexibility index (Phi) is 3.51. The number of hydrogen-bond donors (Lipinski definition) is 1. The zero-order chi connectivity index (χ0) is 14.1. The van der Waals surface area contributed by atoms with Crippen molar-refractivity contribution in [2.24, 2.45) is 0 Å². The van der Waals surface area contributed by atoms with Crippen LogP contribution in [0.15, 0.2) is 42.5 Å². The minimum atomic E-state index is 0.737. The Morgan fingerprint density at radius 1 is 1.15 bits per heavy atom. The Hall–Kier alpha value is -1.78. The summed E-state index contributed by atoms with van der Waals surface area (Å²) in [7, 11) is 4.05. The maximum Gasteiger partial charge on any atom is 0.188 e. The van der Waals surface area contributed by atoms with Crippen LogP contribution in [0, 0.1) is 0 Å². The van der Waals surface area contributed by atoms with Crippen LogP contribution in [0.3, 0.4) is 0 Å². The van der Waals surface area contributed by atoms with Gasteiger partial charge >= 0.3 is 0 Å². The molecule has 1 N–H and O–H groups in total. The second-order valence-electron chi connectivity index (χ2n) is 4.67. The summed E-state index contributed by atoms with van der Waals surface area (Å²) in [6.45, 7) is 0. The Labute approximate surface area is 126 Å². The predicted octanol–water partition coefficient (Wildman–Crippen LogP) is 4.76. The molecule has 0 amide bonds. The Balaban J connectivity index is 1.97. The van der Waals surface area contributed by atoms with Crippen LogP contribution in [0.2, 0.25) is 5.02 Å². The van der Waals surface area contributed by atoms with Gasteiger partial charge in [-0.3, -0.25) is 0 Å². The van der Waals surface area contributed by atoms with Crippen molar-refractivity contribution in [2.45, 2.75) is 0 Å². The van der Waals surface area contributed by atoms with E-state index in [1.54, 1.807) is 11.3 Å². The molecule has 0 atom stereocenters. The molecule has 1 aromatic heterocycles. The van der Waals surface area contributed by atoms with Gasteiger partial charge in [0.2, 0.25) is 0 Å². The molecule has 0 radical (unpaired) electrons. The molecular formula is C15H14ClN3S.